The fourth-order valence-electron chi connectivity index (χ4n) is 3.32. The Kier molecular flexibility index (Phi) is 4.07. The summed E-state index contributed by atoms with van der Waals surface area (Å²) in [5, 5.41) is 6.85. The average molecular weight is 422 g/mol. The number of thiophene rings is 1. The number of hydrogen-bond donors (Lipinski definition) is 2. The molecule has 144 valence electrons. The molecule has 0 unspecified atom stereocenters. The quantitative estimate of drug-likeness (QED) is 0.457. The number of nitrogens with zero attached hydrogens (tertiary/aromatic N) is 3. The van der Waals surface area contributed by atoms with Crippen molar-refractivity contribution in [2.45, 2.75) is 6.92 Å². The molecular weight excluding hydrogens is 406 g/mol. The third kappa shape index (κ3) is 2.86. The van der Waals surface area contributed by atoms with E-state index < -0.39 is 0 Å². The van der Waals surface area contributed by atoms with Crippen LogP contribution in [-0.4, -0.2) is 25.4 Å². The second kappa shape index (κ2) is 6.64. The number of carbonyl (C=O) groups excluding carboxylic acids is 1. The van der Waals surface area contributed by atoms with E-state index in [2.05, 4.69) is 20.3 Å². The van der Waals surface area contributed by atoms with Gasteiger partial charge in [0.25, 0.3) is 11.5 Å². The number of hydrogen-bond acceptors (Lipinski definition) is 6. The number of nitrogens with one attached hydrogen (secondary N) is 2. The SMILES string of the molecule is Cc1c(C(=O)Nc2nc(-c3c[nH]c4ccccc34)cs2)sc2ncn(C)c(=O)c12. The minimum absolute atomic E-state index is 0.154. The fourth-order valence-corrected chi connectivity index (χ4v) is 5.06. The molecule has 0 aliphatic rings. The number of aryl methyl sites for hydroxylation is 2. The summed E-state index contributed by atoms with van der Waals surface area (Å²) < 4.78 is 1.41. The number of fused-ring (bicyclic) bond motifs is 2. The van der Waals surface area contributed by atoms with E-state index in [0.717, 1.165) is 22.2 Å². The van der Waals surface area contributed by atoms with E-state index in [-0.39, 0.29) is 11.5 Å². The first kappa shape index (κ1) is 17.8. The van der Waals surface area contributed by atoms with Crippen LogP contribution in [0.2, 0.25) is 0 Å². The van der Waals surface area contributed by atoms with Crippen LogP contribution in [0.1, 0.15) is 15.2 Å². The molecule has 29 heavy (non-hydrogen) atoms. The van der Waals surface area contributed by atoms with Gasteiger partial charge in [-0.15, -0.1) is 22.7 Å². The monoisotopic (exact) mass is 421 g/mol. The van der Waals surface area contributed by atoms with Crippen molar-refractivity contribution in [2.24, 2.45) is 7.05 Å². The van der Waals surface area contributed by atoms with Crippen molar-refractivity contribution < 1.29 is 4.79 Å². The molecule has 0 spiro atoms. The van der Waals surface area contributed by atoms with Gasteiger partial charge >= 0.3 is 0 Å². The molecular formula is C20H15N5O2S2. The molecule has 0 saturated carbocycles. The van der Waals surface area contributed by atoms with E-state index in [1.165, 1.54) is 33.6 Å². The molecule has 5 aromatic rings. The highest BCUT2D eigenvalue weighted by Gasteiger charge is 2.20. The first-order valence-electron chi connectivity index (χ1n) is 8.81. The number of aromatic amines is 1. The molecule has 1 aromatic carbocycles. The lowest BCUT2D eigenvalue weighted by atomic mass is 10.1. The van der Waals surface area contributed by atoms with Gasteiger partial charge in [-0.1, -0.05) is 18.2 Å². The molecule has 5 rings (SSSR count). The van der Waals surface area contributed by atoms with Gasteiger partial charge in [-0.2, -0.15) is 0 Å². The molecule has 2 N–H and O–H groups in total. The second-order valence-electron chi connectivity index (χ2n) is 6.64. The molecule has 9 heteroatoms. The molecule has 0 atom stereocenters. The smallest absolute Gasteiger partial charge is 0.267 e. The summed E-state index contributed by atoms with van der Waals surface area (Å²) in [5.41, 5.74) is 3.31. The minimum Gasteiger partial charge on any atom is -0.360 e. The summed E-state index contributed by atoms with van der Waals surface area (Å²) >= 11 is 2.58. The Morgan fingerprint density at radius 3 is 2.97 bits per heavy atom. The van der Waals surface area contributed by atoms with Gasteiger partial charge in [0.2, 0.25) is 0 Å². The van der Waals surface area contributed by atoms with Gasteiger partial charge in [0.15, 0.2) is 5.13 Å². The minimum atomic E-state index is -0.285. The average Bonchev–Trinajstić information content (AvgIpc) is 3.42. The van der Waals surface area contributed by atoms with Crippen LogP contribution in [-0.2, 0) is 7.05 Å². The molecule has 0 aliphatic carbocycles. The van der Waals surface area contributed by atoms with E-state index in [1.807, 2.05) is 35.8 Å². The van der Waals surface area contributed by atoms with Crippen molar-refractivity contribution in [3.63, 3.8) is 0 Å². The number of thiazole rings is 1. The van der Waals surface area contributed by atoms with Gasteiger partial charge in [0.1, 0.15) is 4.83 Å². The summed E-state index contributed by atoms with van der Waals surface area (Å²) in [6.45, 7) is 1.77. The second-order valence-corrected chi connectivity index (χ2v) is 8.49. The molecule has 7 nitrogen and oxygen atoms in total. The number of aromatic nitrogens is 4. The van der Waals surface area contributed by atoms with Crippen LogP contribution in [0.4, 0.5) is 5.13 Å². The third-order valence-corrected chi connectivity index (χ3v) is 6.76. The molecule has 0 saturated heterocycles. The van der Waals surface area contributed by atoms with Crippen LogP contribution >= 0.6 is 22.7 Å². The lowest BCUT2D eigenvalue weighted by molar-refractivity contribution is 0.103. The maximum Gasteiger partial charge on any atom is 0.267 e. The third-order valence-electron chi connectivity index (χ3n) is 4.81. The van der Waals surface area contributed by atoms with Gasteiger partial charge in [-0.05, 0) is 18.6 Å². The zero-order chi connectivity index (χ0) is 20.1. The normalized spacial score (nSPS) is 11.4. The summed E-state index contributed by atoms with van der Waals surface area (Å²) in [4.78, 5) is 38.3. The topological polar surface area (TPSA) is 92.7 Å². The summed E-state index contributed by atoms with van der Waals surface area (Å²) in [5.74, 6) is -0.285. The molecule has 4 heterocycles. The van der Waals surface area contributed by atoms with Crippen molar-refractivity contribution >= 4 is 54.8 Å². The Hall–Kier alpha value is -3.30. The van der Waals surface area contributed by atoms with Gasteiger partial charge < -0.3 is 9.55 Å². The number of para-hydroxylation sites is 1. The van der Waals surface area contributed by atoms with Crippen LogP contribution in [0.5, 0.6) is 0 Å². The van der Waals surface area contributed by atoms with Crippen molar-refractivity contribution in [1.82, 2.24) is 19.5 Å². The number of rotatable bonds is 3. The Morgan fingerprint density at radius 2 is 2.10 bits per heavy atom. The zero-order valence-corrected chi connectivity index (χ0v) is 17.1. The number of anilines is 1. The van der Waals surface area contributed by atoms with Crippen LogP contribution in [0.3, 0.4) is 0 Å². The summed E-state index contributed by atoms with van der Waals surface area (Å²) in [6, 6.07) is 8.01. The highest BCUT2D eigenvalue weighted by atomic mass is 32.1. The van der Waals surface area contributed by atoms with Gasteiger partial charge in [-0.25, -0.2) is 9.97 Å². The summed E-state index contributed by atoms with van der Waals surface area (Å²) in [6.07, 6.45) is 3.39. The van der Waals surface area contributed by atoms with E-state index >= 15 is 0 Å². The largest absolute Gasteiger partial charge is 0.360 e. The Morgan fingerprint density at radius 1 is 1.28 bits per heavy atom. The zero-order valence-electron chi connectivity index (χ0n) is 15.5. The standard InChI is InChI=1S/C20H15N5O2S2/c1-10-15-18(22-9-25(2)19(15)27)29-16(10)17(26)24-20-23-14(8-28-20)12-7-21-13-6-4-3-5-11(12)13/h3-9,21H,1-2H3,(H,23,24,26). The van der Waals surface area contributed by atoms with E-state index in [9.17, 15) is 9.59 Å². The van der Waals surface area contributed by atoms with Crippen molar-refractivity contribution in [1.29, 1.82) is 0 Å². The number of carbonyl (C=O) groups is 1. The predicted octanol–water partition coefficient (Wildman–Crippen LogP) is 4.16. The lowest BCUT2D eigenvalue weighted by Crippen LogP contribution is -2.17. The molecule has 0 radical (unpaired) electrons. The maximum atomic E-state index is 12.8. The highest BCUT2D eigenvalue weighted by Crippen LogP contribution is 2.32. The van der Waals surface area contributed by atoms with Gasteiger partial charge in [0, 0.05) is 35.1 Å². The van der Waals surface area contributed by atoms with Gasteiger partial charge in [-0.3, -0.25) is 14.9 Å². The molecule has 1 amide bonds. The van der Waals surface area contributed by atoms with Crippen LogP contribution < -0.4 is 10.9 Å². The Labute approximate surface area is 172 Å². The van der Waals surface area contributed by atoms with Crippen molar-refractivity contribution in [2.75, 3.05) is 5.32 Å². The van der Waals surface area contributed by atoms with E-state index in [4.69, 9.17) is 0 Å². The highest BCUT2D eigenvalue weighted by molar-refractivity contribution is 7.21. The first-order chi connectivity index (χ1) is 14.0. The Balaban J connectivity index is 1.47. The number of amides is 1. The number of H-pyrrole nitrogens is 1. The van der Waals surface area contributed by atoms with Crippen molar-refractivity contribution in [3.8, 4) is 11.3 Å². The van der Waals surface area contributed by atoms with Crippen LogP contribution in [0, 0.1) is 6.92 Å². The Bertz CT molecular complexity index is 1460. The molecule has 0 fully saturated rings. The van der Waals surface area contributed by atoms with E-state index in [1.54, 1.807) is 14.0 Å². The van der Waals surface area contributed by atoms with Crippen molar-refractivity contribution in [3.05, 3.63) is 63.0 Å². The number of benzene rings is 1. The predicted molar refractivity (Wildman–Crippen MR) is 117 cm³/mol. The fraction of sp³-hybridized carbons (Fsp3) is 0.100. The lowest BCUT2D eigenvalue weighted by Gasteiger charge is -2.00. The van der Waals surface area contributed by atoms with Crippen LogP contribution in [0.25, 0.3) is 32.4 Å². The first-order valence-corrected chi connectivity index (χ1v) is 10.5. The molecule has 0 bridgehead atoms. The van der Waals surface area contributed by atoms with Gasteiger partial charge in [0.05, 0.1) is 22.3 Å². The van der Waals surface area contributed by atoms with Crippen LogP contribution in [0.15, 0.2) is 47.0 Å². The maximum absolute atomic E-state index is 12.8. The summed E-state index contributed by atoms with van der Waals surface area (Å²) in [7, 11) is 1.65. The molecule has 0 aliphatic heterocycles. The molecule has 4 aromatic heterocycles. The van der Waals surface area contributed by atoms with E-state index in [0.29, 0.717) is 25.8 Å².